The number of hydrogen-bond donors (Lipinski definition) is 4. The molecule has 0 aliphatic carbocycles. The molecule has 28 heavy (non-hydrogen) atoms. The van der Waals surface area contributed by atoms with E-state index in [0.717, 1.165) is 4.90 Å². The van der Waals surface area contributed by atoms with Gasteiger partial charge in [-0.3, -0.25) is 14.9 Å². The normalized spacial score (nSPS) is 11.7. The van der Waals surface area contributed by atoms with Crippen molar-refractivity contribution < 1.29 is 24.0 Å². The maximum absolute atomic E-state index is 12.4. The first-order chi connectivity index (χ1) is 13.4. The second kappa shape index (κ2) is 9.70. The van der Waals surface area contributed by atoms with Gasteiger partial charge >= 0.3 is 6.03 Å². The number of carbonyl (C=O) groups is 2. The third-order valence-corrected chi connectivity index (χ3v) is 4.18. The van der Waals surface area contributed by atoms with Crippen LogP contribution in [0.3, 0.4) is 0 Å². The number of fused-ring (bicyclic) bond motifs is 1. The van der Waals surface area contributed by atoms with E-state index in [-0.39, 0.29) is 12.1 Å². The van der Waals surface area contributed by atoms with Gasteiger partial charge in [-0.2, -0.15) is 0 Å². The summed E-state index contributed by atoms with van der Waals surface area (Å²) >= 11 is 0. The monoisotopic (exact) mass is 392 g/mol. The molecule has 1 heterocycles. The Labute approximate surface area is 162 Å². The van der Waals surface area contributed by atoms with Crippen LogP contribution in [-0.4, -0.2) is 55.8 Å². The summed E-state index contributed by atoms with van der Waals surface area (Å²) in [7, 11) is 3.00. The van der Waals surface area contributed by atoms with E-state index in [9.17, 15) is 14.4 Å². The lowest BCUT2D eigenvalue weighted by atomic mass is 10.2. The number of rotatable bonds is 8. The van der Waals surface area contributed by atoms with Crippen LogP contribution in [0, 0.1) is 0 Å². The van der Waals surface area contributed by atoms with Crippen LogP contribution in [0.4, 0.5) is 4.79 Å². The van der Waals surface area contributed by atoms with E-state index < -0.39 is 11.9 Å². The largest absolute Gasteiger partial charge is 0.493 e. The van der Waals surface area contributed by atoms with Crippen LogP contribution in [-0.2, 0) is 11.3 Å². The van der Waals surface area contributed by atoms with Crippen LogP contribution in [0.25, 0.3) is 10.9 Å². The van der Waals surface area contributed by atoms with Crippen molar-refractivity contribution in [3.05, 3.63) is 28.3 Å². The molecular formula is C18H26N5O5+. The van der Waals surface area contributed by atoms with Gasteiger partial charge in [-0.1, -0.05) is 0 Å². The molecule has 3 amide bonds. The molecule has 2 rings (SSSR count). The number of methoxy groups -OCH3 is 2. The van der Waals surface area contributed by atoms with E-state index in [1.54, 1.807) is 19.1 Å². The minimum absolute atomic E-state index is 0.0707. The highest BCUT2D eigenvalue weighted by molar-refractivity contribution is 5.94. The Balaban J connectivity index is 2.20. The number of H-pyrrole nitrogens is 1. The van der Waals surface area contributed by atoms with Gasteiger partial charge in [-0.15, -0.1) is 0 Å². The van der Waals surface area contributed by atoms with Crippen molar-refractivity contribution in [2.45, 2.75) is 20.4 Å². The van der Waals surface area contributed by atoms with Gasteiger partial charge in [0.05, 0.1) is 31.7 Å². The number of benzene rings is 1. The van der Waals surface area contributed by atoms with Gasteiger partial charge in [0.1, 0.15) is 6.54 Å². The maximum Gasteiger partial charge on any atom is 0.321 e. The Morgan fingerprint density at radius 2 is 1.86 bits per heavy atom. The van der Waals surface area contributed by atoms with Crippen molar-refractivity contribution in [2.75, 3.05) is 33.9 Å². The lowest BCUT2D eigenvalue weighted by molar-refractivity contribution is -0.904. The number of nitrogens with zero attached hydrogens (tertiary/aromatic N) is 1. The summed E-state index contributed by atoms with van der Waals surface area (Å²) in [5, 5.41) is 5.15. The first kappa shape index (κ1) is 21.2. The smallest absolute Gasteiger partial charge is 0.321 e. The van der Waals surface area contributed by atoms with Crippen molar-refractivity contribution in [1.82, 2.24) is 20.6 Å². The van der Waals surface area contributed by atoms with Gasteiger partial charge in [-0.25, -0.2) is 9.78 Å². The number of carbonyl (C=O) groups excluding carboxylic acids is 2. The van der Waals surface area contributed by atoms with Crippen LogP contribution < -0.4 is 30.6 Å². The van der Waals surface area contributed by atoms with E-state index in [4.69, 9.17) is 9.47 Å². The minimum Gasteiger partial charge on any atom is -0.493 e. The fraction of sp³-hybridized carbons (Fsp3) is 0.444. The lowest BCUT2D eigenvalue weighted by Crippen LogP contribution is -3.11. The quantitative estimate of drug-likeness (QED) is 0.465. The average molecular weight is 392 g/mol. The number of hydrogen-bond acceptors (Lipinski definition) is 6. The Kier molecular flexibility index (Phi) is 7.33. The zero-order valence-corrected chi connectivity index (χ0v) is 16.5. The summed E-state index contributed by atoms with van der Waals surface area (Å²) < 4.78 is 10.5. The summed E-state index contributed by atoms with van der Waals surface area (Å²) in [5.41, 5.74) is 0.168. The molecule has 0 bridgehead atoms. The fourth-order valence-corrected chi connectivity index (χ4v) is 2.75. The molecule has 0 aliphatic heterocycles. The standard InChI is InChI=1S/C18H25N5O5/c1-5-19-18(26)22-16(24)10-23(6-2)9-15-20-12-8-14(28-4)13(27-3)7-11(12)17(25)21-15/h7-8H,5-6,9-10H2,1-4H3,(H,20,21,25)(H2,19,22,24,26)/p+1. The fourth-order valence-electron chi connectivity index (χ4n) is 2.75. The van der Waals surface area contributed by atoms with Crippen LogP contribution in [0.15, 0.2) is 16.9 Å². The molecule has 0 spiro atoms. The Morgan fingerprint density at radius 3 is 2.46 bits per heavy atom. The topological polar surface area (TPSA) is 127 Å². The average Bonchev–Trinajstić information content (AvgIpc) is 2.66. The van der Waals surface area contributed by atoms with Gasteiger partial charge in [0.15, 0.2) is 23.9 Å². The number of nitrogens with one attached hydrogen (secondary N) is 4. The molecule has 1 aromatic heterocycles. The van der Waals surface area contributed by atoms with Gasteiger partial charge in [-0.05, 0) is 19.9 Å². The molecule has 0 fully saturated rings. The Bertz CT molecular complexity index is 911. The molecule has 2 aromatic rings. The summed E-state index contributed by atoms with van der Waals surface area (Å²) in [5.74, 6) is 0.947. The SMILES string of the molecule is CCNC(=O)NC(=O)C[NH+](CC)Cc1nc2cc(OC)c(OC)cc2c(=O)[nH]1. The van der Waals surface area contributed by atoms with E-state index >= 15 is 0 Å². The Hall–Kier alpha value is -3.14. The number of ether oxygens (including phenoxy) is 2. The Morgan fingerprint density at radius 1 is 1.18 bits per heavy atom. The van der Waals surface area contributed by atoms with Crippen molar-refractivity contribution in [2.24, 2.45) is 0 Å². The molecule has 4 N–H and O–H groups in total. The second-order valence-electron chi connectivity index (χ2n) is 6.10. The molecule has 152 valence electrons. The lowest BCUT2D eigenvalue weighted by Gasteiger charge is -2.17. The number of aromatic nitrogens is 2. The van der Waals surface area contributed by atoms with Crippen molar-refractivity contribution in [3.63, 3.8) is 0 Å². The van der Waals surface area contributed by atoms with E-state index in [0.29, 0.717) is 47.9 Å². The molecule has 0 radical (unpaired) electrons. The van der Waals surface area contributed by atoms with E-state index in [2.05, 4.69) is 20.6 Å². The molecule has 10 heteroatoms. The number of urea groups is 1. The number of imide groups is 1. The summed E-state index contributed by atoms with van der Waals surface area (Å²) in [4.78, 5) is 44.0. The molecule has 10 nitrogen and oxygen atoms in total. The van der Waals surface area contributed by atoms with Crippen LogP contribution in [0.2, 0.25) is 0 Å². The first-order valence-electron chi connectivity index (χ1n) is 8.97. The summed E-state index contributed by atoms with van der Waals surface area (Å²) in [6.07, 6.45) is 0. The molecule has 1 unspecified atom stereocenters. The van der Waals surface area contributed by atoms with Gasteiger partial charge in [0.25, 0.3) is 11.5 Å². The zero-order valence-electron chi connectivity index (χ0n) is 16.5. The van der Waals surface area contributed by atoms with E-state index in [1.807, 2.05) is 6.92 Å². The summed E-state index contributed by atoms with van der Waals surface area (Å²) in [6.45, 7) is 5.10. The summed E-state index contributed by atoms with van der Waals surface area (Å²) in [6, 6.07) is 2.69. The molecule has 0 saturated heterocycles. The molecular weight excluding hydrogens is 366 g/mol. The number of likely N-dealkylation sites (N-methyl/N-ethyl adjacent to an activating group) is 1. The third kappa shape index (κ3) is 5.19. The molecule has 1 atom stereocenters. The number of quaternary nitrogens is 1. The first-order valence-corrected chi connectivity index (χ1v) is 8.97. The molecule has 1 aromatic carbocycles. The highest BCUT2D eigenvalue weighted by Crippen LogP contribution is 2.29. The molecule has 0 saturated carbocycles. The number of aromatic amines is 1. The minimum atomic E-state index is -0.527. The predicted octanol–water partition coefficient (Wildman–Crippen LogP) is -0.809. The van der Waals surface area contributed by atoms with Crippen LogP contribution >= 0.6 is 0 Å². The highest BCUT2D eigenvalue weighted by atomic mass is 16.5. The van der Waals surface area contributed by atoms with Gasteiger partial charge < -0.3 is 24.7 Å². The van der Waals surface area contributed by atoms with Crippen LogP contribution in [0.1, 0.15) is 19.7 Å². The number of amides is 3. The highest BCUT2D eigenvalue weighted by Gasteiger charge is 2.18. The maximum atomic E-state index is 12.4. The zero-order chi connectivity index (χ0) is 20.7. The second-order valence-corrected chi connectivity index (χ2v) is 6.10. The predicted molar refractivity (Wildman–Crippen MR) is 103 cm³/mol. The van der Waals surface area contributed by atoms with Crippen molar-refractivity contribution in [3.8, 4) is 11.5 Å². The molecule has 0 aliphatic rings. The van der Waals surface area contributed by atoms with Crippen molar-refractivity contribution in [1.29, 1.82) is 0 Å². The third-order valence-electron chi connectivity index (χ3n) is 4.18. The van der Waals surface area contributed by atoms with Gasteiger partial charge in [0.2, 0.25) is 0 Å². The van der Waals surface area contributed by atoms with Gasteiger partial charge in [0, 0.05) is 12.6 Å². The van der Waals surface area contributed by atoms with Crippen LogP contribution in [0.5, 0.6) is 11.5 Å². The van der Waals surface area contributed by atoms with E-state index in [1.165, 1.54) is 14.2 Å². The van der Waals surface area contributed by atoms with Crippen molar-refractivity contribution >= 4 is 22.8 Å².